The van der Waals surface area contributed by atoms with E-state index in [0.717, 1.165) is 0 Å². The summed E-state index contributed by atoms with van der Waals surface area (Å²) in [7, 11) is 0. The van der Waals surface area contributed by atoms with Gasteiger partial charge in [-0.2, -0.15) is 0 Å². The first-order valence-corrected chi connectivity index (χ1v) is 7.19. The van der Waals surface area contributed by atoms with Crippen molar-refractivity contribution in [1.82, 2.24) is 5.32 Å². The minimum Gasteiger partial charge on any atom is -0.444 e. The first-order valence-electron chi connectivity index (χ1n) is 7.19. The molecule has 0 radical (unpaired) electrons. The zero-order chi connectivity index (χ0) is 16.9. The van der Waals surface area contributed by atoms with Crippen LogP contribution in [0.15, 0.2) is 18.2 Å². The number of halogens is 1. The Balaban J connectivity index is 2.46. The summed E-state index contributed by atoms with van der Waals surface area (Å²) in [5, 5.41) is 22.4. The van der Waals surface area contributed by atoms with Gasteiger partial charge >= 0.3 is 6.09 Å². The number of amides is 1. The van der Waals surface area contributed by atoms with Crippen molar-refractivity contribution in [3.8, 4) is 0 Å². The maximum absolute atomic E-state index is 13.5. The van der Waals surface area contributed by atoms with Gasteiger partial charge in [0.25, 0.3) is 0 Å². The number of nitrogens with one attached hydrogen (secondary N) is 1. The highest BCUT2D eigenvalue weighted by Gasteiger charge is 2.20. The van der Waals surface area contributed by atoms with Gasteiger partial charge in [-0.25, -0.2) is 9.18 Å². The Bertz CT molecular complexity index is 513. The highest BCUT2D eigenvalue weighted by atomic mass is 19.1. The minimum absolute atomic E-state index is 0.121. The van der Waals surface area contributed by atoms with Gasteiger partial charge in [-0.15, -0.1) is 0 Å². The van der Waals surface area contributed by atoms with Gasteiger partial charge in [-0.3, -0.25) is 0 Å². The fourth-order valence-electron chi connectivity index (χ4n) is 1.81. The van der Waals surface area contributed by atoms with Crippen LogP contribution in [0, 0.1) is 12.7 Å². The fraction of sp³-hybridized carbons (Fsp3) is 0.562. The van der Waals surface area contributed by atoms with Crippen molar-refractivity contribution in [2.24, 2.45) is 0 Å². The number of aryl methyl sites for hydroxylation is 1. The second kappa shape index (κ2) is 7.56. The van der Waals surface area contributed by atoms with Crippen molar-refractivity contribution in [2.45, 2.75) is 51.9 Å². The number of aliphatic hydroxyl groups is 2. The van der Waals surface area contributed by atoms with Gasteiger partial charge in [-0.05, 0) is 51.3 Å². The third-order valence-corrected chi connectivity index (χ3v) is 3.01. The Morgan fingerprint density at radius 1 is 1.36 bits per heavy atom. The Morgan fingerprint density at radius 3 is 2.55 bits per heavy atom. The molecule has 1 amide bonds. The molecule has 0 aliphatic rings. The monoisotopic (exact) mass is 313 g/mol. The Labute approximate surface area is 130 Å². The van der Waals surface area contributed by atoms with Crippen molar-refractivity contribution < 1.29 is 24.1 Å². The topological polar surface area (TPSA) is 78.8 Å². The van der Waals surface area contributed by atoms with Gasteiger partial charge in [0.15, 0.2) is 0 Å². The summed E-state index contributed by atoms with van der Waals surface area (Å²) >= 11 is 0. The smallest absolute Gasteiger partial charge is 0.407 e. The lowest BCUT2D eigenvalue weighted by atomic mass is 10.0. The SMILES string of the molecule is Cc1ccc(C(O)C(O)CCNC(=O)OC(C)(C)C)cc1F. The number of carbonyl (C=O) groups excluding carboxylic acids is 1. The molecule has 2 atom stereocenters. The summed E-state index contributed by atoms with van der Waals surface area (Å²) < 4.78 is 18.5. The van der Waals surface area contributed by atoms with Crippen LogP contribution in [0.3, 0.4) is 0 Å². The van der Waals surface area contributed by atoms with E-state index in [1.807, 2.05) is 0 Å². The Hall–Kier alpha value is -1.66. The Morgan fingerprint density at radius 2 is 2.00 bits per heavy atom. The van der Waals surface area contributed by atoms with E-state index >= 15 is 0 Å². The van der Waals surface area contributed by atoms with Gasteiger partial charge in [0.1, 0.15) is 17.5 Å². The molecule has 0 spiro atoms. The lowest BCUT2D eigenvalue weighted by Gasteiger charge is -2.21. The molecule has 0 aliphatic carbocycles. The van der Waals surface area contributed by atoms with Crippen LogP contribution in [-0.2, 0) is 4.74 Å². The number of carbonyl (C=O) groups is 1. The predicted molar refractivity (Wildman–Crippen MR) is 81.0 cm³/mol. The van der Waals surface area contributed by atoms with Crippen LogP contribution in [-0.4, -0.2) is 34.6 Å². The van der Waals surface area contributed by atoms with Crippen LogP contribution >= 0.6 is 0 Å². The first kappa shape index (κ1) is 18.4. The van der Waals surface area contributed by atoms with Crippen LogP contribution in [0.5, 0.6) is 0 Å². The zero-order valence-electron chi connectivity index (χ0n) is 13.4. The van der Waals surface area contributed by atoms with Gasteiger partial charge in [0.05, 0.1) is 6.10 Å². The standard InChI is InChI=1S/C16H24FNO4/c1-10-5-6-11(9-12(10)17)14(20)13(19)7-8-18-15(21)22-16(2,3)4/h5-6,9,13-14,19-20H,7-8H2,1-4H3,(H,18,21). The molecule has 2 unspecified atom stereocenters. The third-order valence-electron chi connectivity index (χ3n) is 3.01. The molecule has 0 bridgehead atoms. The highest BCUT2D eigenvalue weighted by molar-refractivity contribution is 5.67. The van der Waals surface area contributed by atoms with Crippen LogP contribution in [0.2, 0.25) is 0 Å². The second-order valence-electron chi connectivity index (χ2n) is 6.24. The summed E-state index contributed by atoms with van der Waals surface area (Å²) in [4.78, 5) is 11.4. The van der Waals surface area contributed by atoms with Crippen molar-refractivity contribution in [3.63, 3.8) is 0 Å². The molecule has 5 nitrogen and oxygen atoms in total. The lowest BCUT2D eigenvalue weighted by molar-refractivity contribution is 0.0121. The van der Waals surface area contributed by atoms with E-state index in [1.165, 1.54) is 6.07 Å². The summed E-state index contributed by atoms with van der Waals surface area (Å²) in [6, 6.07) is 4.30. The van der Waals surface area contributed by atoms with Crippen molar-refractivity contribution in [2.75, 3.05) is 6.54 Å². The molecule has 0 aliphatic heterocycles. The minimum atomic E-state index is -1.21. The maximum Gasteiger partial charge on any atom is 0.407 e. The molecule has 0 saturated carbocycles. The van der Waals surface area contributed by atoms with Crippen LogP contribution in [0.1, 0.15) is 44.4 Å². The van der Waals surface area contributed by atoms with E-state index in [4.69, 9.17) is 4.74 Å². The van der Waals surface area contributed by atoms with Crippen LogP contribution in [0.4, 0.5) is 9.18 Å². The zero-order valence-corrected chi connectivity index (χ0v) is 13.4. The van der Waals surface area contributed by atoms with Gasteiger partial charge < -0.3 is 20.3 Å². The van der Waals surface area contributed by atoms with Gasteiger partial charge in [0, 0.05) is 6.54 Å². The summed E-state index contributed by atoms with van der Waals surface area (Å²) in [5.41, 5.74) is 0.173. The number of hydrogen-bond acceptors (Lipinski definition) is 4. The Kier molecular flexibility index (Phi) is 6.32. The van der Waals surface area contributed by atoms with Gasteiger partial charge in [-0.1, -0.05) is 12.1 Å². The van der Waals surface area contributed by atoms with Crippen molar-refractivity contribution in [1.29, 1.82) is 0 Å². The van der Waals surface area contributed by atoms with E-state index in [1.54, 1.807) is 39.8 Å². The van der Waals surface area contributed by atoms with E-state index in [-0.39, 0.29) is 13.0 Å². The average Bonchev–Trinajstić information content (AvgIpc) is 2.38. The number of hydrogen-bond donors (Lipinski definition) is 3. The molecule has 0 aromatic heterocycles. The molecule has 0 fully saturated rings. The van der Waals surface area contributed by atoms with Crippen molar-refractivity contribution in [3.05, 3.63) is 35.1 Å². The summed E-state index contributed by atoms with van der Waals surface area (Å²) in [5.74, 6) is -0.435. The van der Waals surface area contributed by atoms with E-state index in [2.05, 4.69) is 5.32 Å². The average molecular weight is 313 g/mol. The number of aliphatic hydroxyl groups excluding tert-OH is 2. The quantitative estimate of drug-likeness (QED) is 0.780. The molecular formula is C16H24FNO4. The highest BCUT2D eigenvalue weighted by Crippen LogP contribution is 2.21. The maximum atomic E-state index is 13.5. The normalized spacial score (nSPS) is 14.3. The van der Waals surface area contributed by atoms with E-state index < -0.39 is 29.7 Å². The molecule has 0 heterocycles. The largest absolute Gasteiger partial charge is 0.444 e. The fourth-order valence-corrected chi connectivity index (χ4v) is 1.81. The molecule has 1 aromatic carbocycles. The lowest BCUT2D eigenvalue weighted by Crippen LogP contribution is -2.34. The molecule has 3 N–H and O–H groups in total. The molecule has 1 aromatic rings. The molecule has 0 saturated heterocycles. The number of rotatable bonds is 5. The van der Waals surface area contributed by atoms with E-state index in [9.17, 15) is 19.4 Å². The molecule has 6 heteroatoms. The van der Waals surface area contributed by atoms with Crippen LogP contribution in [0.25, 0.3) is 0 Å². The second-order valence-corrected chi connectivity index (χ2v) is 6.24. The molecule has 1 rings (SSSR count). The molecule has 124 valence electrons. The first-order chi connectivity index (χ1) is 10.1. The summed E-state index contributed by atoms with van der Waals surface area (Å²) in [6.45, 7) is 7.00. The predicted octanol–water partition coefficient (Wildman–Crippen LogP) is 2.44. The molecule has 22 heavy (non-hydrogen) atoms. The number of alkyl carbamates (subject to hydrolysis) is 1. The number of benzene rings is 1. The number of ether oxygens (including phenoxy) is 1. The van der Waals surface area contributed by atoms with Gasteiger partial charge in [0.2, 0.25) is 0 Å². The van der Waals surface area contributed by atoms with Crippen LogP contribution < -0.4 is 5.32 Å². The third kappa shape index (κ3) is 5.99. The molecular weight excluding hydrogens is 289 g/mol. The van der Waals surface area contributed by atoms with E-state index in [0.29, 0.717) is 11.1 Å². The summed E-state index contributed by atoms with van der Waals surface area (Å²) in [6.07, 6.45) is -2.79. The van der Waals surface area contributed by atoms with Crippen molar-refractivity contribution >= 4 is 6.09 Å².